The van der Waals surface area contributed by atoms with Crippen LogP contribution in [0.1, 0.15) is 44.9 Å². The van der Waals surface area contributed by atoms with Crippen LogP contribution in [0.15, 0.2) is 0 Å². The van der Waals surface area contributed by atoms with Crippen molar-refractivity contribution >= 4 is 17.8 Å². The third-order valence-corrected chi connectivity index (χ3v) is 5.23. The second-order valence-corrected chi connectivity index (χ2v) is 7.00. The zero-order valence-electron chi connectivity index (χ0n) is 13.7. The average molecular weight is 322 g/mol. The Labute approximate surface area is 136 Å². The van der Waals surface area contributed by atoms with Crippen molar-refractivity contribution in [1.29, 1.82) is 0 Å². The van der Waals surface area contributed by atoms with Gasteiger partial charge in [-0.25, -0.2) is 4.79 Å². The maximum absolute atomic E-state index is 13.0. The summed E-state index contributed by atoms with van der Waals surface area (Å²) >= 11 is 0. The Kier molecular flexibility index (Phi) is 4.46. The standard InChI is InChI=1S/C16H26N4O3/c1-17-15(23)19-12-4-2-9-20(10-12)14(22)16(7-3-8-16)13(21)18-11-5-6-11/h11-12H,2-10H2,1H3,(H,18,21)(H2,17,19,23). The van der Waals surface area contributed by atoms with E-state index in [4.69, 9.17) is 0 Å². The molecule has 4 amide bonds. The molecule has 0 aromatic rings. The number of hydrogen-bond donors (Lipinski definition) is 3. The second kappa shape index (κ2) is 6.37. The van der Waals surface area contributed by atoms with Crippen molar-refractivity contribution in [3.8, 4) is 0 Å². The molecular formula is C16H26N4O3. The van der Waals surface area contributed by atoms with Gasteiger partial charge >= 0.3 is 6.03 Å². The van der Waals surface area contributed by atoms with E-state index in [0.717, 1.165) is 32.1 Å². The first-order chi connectivity index (χ1) is 11.0. The van der Waals surface area contributed by atoms with Crippen LogP contribution in [0, 0.1) is 5.41 Å². The fourth-order valence-electron chi connectivity index (χ4n) is 3.46. The largest absolute Gasteiger partial charge is 0.352 e. The number of urea groups is 1. The van der Waals surface area contributed by atoms with Gasteiger partial charge in [-0.15, -0.1) is 0 Å². The number of amides is 4. The van der Waals surface area contributed by atoms with Crippen molar-refractivity contribution in [1.82, 2.24) is 20.9 Å². The minimum absolute atomic E-state index is 0.0451. The van der Waals surface area contributed by atoms with Crippen molar-refractivity contribution in [2.75, 3.05) is 20.1 Å². The molecule has 1 heterocycles. The van der Waals surface area contributed by atoms with Gasteiger partial charge in [0.05, 0.1) is 0 Å². The Morgan fingerprint density at radius 1 is 1.00 bits per heavy atom. The van der Waals surface area contributed by atoms with Crippen molar-refractivity contribution in [3.05, 3.63) is 0 Å². The average Bonchev–Trinajstić information content (AvgIpc) is 3.30. The first kappa shape index (κ1) is 16.1. The summed E-state index contributed by atoms with van der Waals surface area (Å²) in [6.45, 7) is 1.16. The zero-order valence-corrected chi connectivity index (χ0v) is 13.7. The van der Waals surface area contributed by atoms with E-state index in [9.17, 15) is 14.4 Å². The molecule has 23 heavy (non-hydrogen) atoms. The van der Waals surface area contributed by atoms with E-state index in [-0.39, 0.29) is 29.9 Å². The number of carbonyl (C=O) groups excluding carboxylic acids is 3. The van der Waals surface area contributed by atoms with Crippen LogP contribution in [0.3, 0.4) is 0 Å². The molecule has 7 nitrogen and oxygen atoms in total. The summed E-state index contributed by atoms with van der Waals surface area (Å²) in [7, 11) is 1.58. The number of hydrogen-bond acceptors (Lipinski definition) is 3. The van der Waals surface area contributed by atoms with Crippen LogP contribution < -0.4 is 16.0 Å². The molecule has 0 aromatic heterocycles. The van der Waals surface area contributed by atoms with Gasteiger partial charge in [0.1, 0.15) is 5.41 Å². The van der Waals surface area contributed by atoms with Gasteiger partial charge in [0.15, 0.2) is 0 Å². The van der Waals surface area contributed by atoms with Crippen LogP contribution in [0.5, 0.6) is 0 Å². The maximum Gasteiger partial charge on any atom is 0.314 e. The van der Waals surface area contributed by atoms with Gasteiger partial charge in [0, 0.05) is 32.2 Å². The van der Waals surface area contributed by atoms with Crippen LogP contribution in [0.4, 0.5) is 4.79 Å². The Hall–Kier alpha value is -1.79. The Morgan fingerprint density at radius 2 is 1.74 bits per heavy atom. The first-order valence-corrected chi connectivity index (χ1v) is 8.64. The van der Waals surface area contributed by atoms with Crippen LogP contribution >= 0.6 is 0 Å². The lowest BCUT2D eigenvalue weighted by Crippen LogP contribution is -2.60. The van der Waals surface area contributed by atoms with Gasteiger partial charge in [-0.2, -0.15) is 0 Å². The van der Waals surface area contributed by atoms with Gasteiger partial charge < -0.3 is 20.9 Å². The lowest BCUT2D eigenvalue weighted by molar-refractivity contribution is -0.158. The summed E-state index contributed by atoms with van der Waals surface area (Å²) in [6, 6.07) is 0.00204. The minimum atomic E-state index is -0.850. The molecule has 0 spiro atoms. The number of likely N-dealkylation sites (tertiary alicyclic amines) is 1. The van der Waals surface area contributed by atoms with E-state index in [0.29, 0.717) is 25.9 Å². The summed E-state index contributed by atoms with van der Waals surface area (Å²) in [4.78, 5) is 38.8. The molecule has 3 N–H and O–H groups in total. The van der Waals surface area contributed by atoms with Crippen LogP contribution in [-0.2, 0) is 9.59 Å². The van der Waals surface area contributed by atoms with E-state index in [1.165, 1.54) is 0 Å². The highest BCUT2D eigenvalue weighted by Crippen LogP contribution is 2.44. The molecule has 3 fully saturated rings. The molecular weight excluding hydrogens is 296 g/mol. The highest BCUT2D eigenvalue weighted by Gasteiger charge is 2.53. The number of nitrogens with one attached hydrogen (secondary N) is 3. The molecule has 1 atom stereocenters. The normalized spacial score (nSPS) is 26.0. The number of nitrogens with zero attached hydrogens (tertiary/aromatic N) is 1. The molecule has 3 aliphatic rings. The SMILES string of the molecule is CNC(=O)NC1CCCN(C(=O)C2(C(=O)NC3CC3)CCC2)C1. The van der Waals surface area contributed by atoms with E-state index in [2.05, 4.69) is 16.0 Å². The summed E-state index contributed by atoms with van der Waals surface area (Å²) < 4.78 is 0. The van der Waals surface area contributed by atoms with E-state index in [1.807, 2.05) is 0 Å². The lowest BCUT2D eigenvalue weighted by atomic mass is 9.66. The van der Waals surface area contributed by atoms with Crippen LogP contribution in [-0.4, -0.2) is 55.0 Å². The fourth-order valence-corrected chi connectivity index (χ4v) is 3.46. The molecule has 1 unspecified atom stereocenters. The van der Waals surface area contributed by atoms with Crippen LogP contribution in [0.25, 0.3) is 0 Å². The Bertz CT molecular complexity index is 500. The predicted molar refractivity (Wildman–Crippen MR) is 84.6 cm³/mol. The highest BCUT2D eigenvalue weighted by atomic mass is 16.2. The van der Waals surface area contributed by atoms with Crippen molar-refractivity contribution in [2.45, 2.75) is 57.0 Å². The molecule has 0 radical (unpaired) electrons. The van der Waals surface area contributed by atoms with Crippen molar-refractivity contribution < 1.29 is 14.4 Å². The van der Waals surface area contributed by atoms with Gasteiger partial charge in [-0.05, 0) is 38.5 Å². The van der Waals surface area contributed by atoms with Gasteiger partial charge in [-0.1, -0.05) is 6.42 Å². The third kappa shape index (κ3) is 3.28. The summed E-state index contributed by atoms with van der Waals surface area (Å²) in [5, 5.41) is 8.41. The number of carbonyl (C=O) groups is 3. The summed E-state index contributed by atoms with van der Waals surface area (Å²) in [5.41, 5.74) is -0.850. The zero-order chi connectivity index (χ0) is 16.4. The summed E-state index contributed by atoms with van der Waals surface area (Å²) in [6.07, 6.45) is 5.98. The molecule has 0 aromatic carbocycles. The third-order valence-electron chi connectivity index (χ3n) is 5.23. The molecule has 1 aliphatic heterocycles. The minimum Gasteiger partial charge on any atom is -0.352 e. The lowest BCUT2D eigenvalue weighted by Gasteiger charge is -2.44. The Balaban J connectivity index is 1.63. The summed E-state index contributed by atoms with van der Waals surface area (Å²) in [5.74, 6) is -0.136. The number of rotatable bonds is 4. The number of piperidine rings is 1. The van der Waals surface area contributed by atoms with E-state index >= 15 is 0 Å². The van der Waals surface area contributed by atoms with Crippen LogP contribution in [0.2, 0.25) is 0 Å². The molecule has 7 heteroatoms. The first-order valence-electron chi connectivity index (χ1n) is 8.64. The fraction of sp³-hybridized carbons (Fsp3) is 0.812. The molecule has 3 rings (SSSR count). The van der Waals surface area contributed by atoms with Gasteiger partial charge in [0.2, 0.25) is 11.8 Å². The highest BCUT2D eigenvalue weighted by molar-refractivity contribution is 6.06. The van der Waals surface area contributed by atoms with E-state index in [1.54, 1.807) is 11.9 Å². The quantitative estimate of drug-likeness (QED) is 0.653. The molecule has 2 saturated carbocycles. The smallest absolute Gasteiger partial charge is 0.314 e. The molecule has 128 valence electrons. The molecule has 1 saturated heterocycles. The molecule has 2 aliphatic carbocycles. The van der Waals surface area contributed by atoms with Crippen molar-refractivity contribution in [3.63, 3.8) is 0 Å². The second-order valence-electron chi connectivity index (χ2n) is 7.00. The Morgan fingerprint density at radius 3 is 2.30 bits per heavy atom. The topological polar surface area (TPSA) is 90.5 Å². The van der Waals surface area contributed by atoms with Gasteiger partial charge in [0.25, 0.3) is 0 Å². The monoisotopic (exact) mass is 322 g/mol. The maximum atomic E-state index is 13.0. The van der Waals surface area contributed by atoms with Gasteiger partial charge in [-0.3, -0.25) is 9.59 Å². The van der Waals surface area contributed by atoms with E-state index < -0.39 is 5.41 Å². The van der Waals surface area contributed by atoms with Crippen molar-refractivity contribution in [2.24, 2.45) is 5.41 Å². The predicted octanol–water partition coefficient (Wildman–Crippen LogP) is 0.355. The molecule has 0 bridgehead atoms.